The first-order valence-electron chi connectivity index (χ1n) is 6.68. The van der Waals surface area contributed by atoms with Crippen molar-refractivity contribution >= 4 is 23.6 Å². The van der Waals surface area contributed by atoms with Crippen LogP contribution in [0, 0.1) is 0 Å². The fourth-order valence-corrected chi connectivity index (χ4v) is 2.15. The molecule has 2 rings (SSSR count). The molecule has 0 bridgehead atoms. The van der Waals surface area contributed by atoms with Gasteiger partial charge in [0.05, 0.1) is 6.04 Å². The number of urea groups is 1. The summed E-state index contributed by atoms with van der Waals surface area (Å²) in [5.74, 6) is -0.966. The van der Waals surface area contributed by atoms with Crippen LogP contribution in [-0.2, 0) is 16.0 Å². The maximum atomic E-state index is 11.9. The Hall–Kier alpha value is -2.57. The lowest BCUT2D eigenvalue weighted by molar-refractivity contribution is -0.137. The summed E-state index contributed by atoms with van der Waals surface area (Å²) in [5, 5.41) is 16.8. The van der Waals surface area contributed by atoms with Gasteiger partial charge >= 0.3 is 12.0 Å². The van der Waals surface area contributed by atoms with Gasteiger partial charge in [0.25, 0.3) is 0 Å². The quantitative estimate of drug-likeness (QED) is 0.641. The second-order valence-corrected chi connectivity index (χ2v) is 4.85. The van der Waals surface area contributed by atoms with Gasteiger partial charge in [-0.05, 0) is 18.1 Å². The number of aliphatic carboxylic acids is 1. The van der Waals surface area contributed by atoms with E-state index >= 15 is 0 Å². The highest BCUT2D eigenvalue weighted by molar-refractivity contribution is 5.91. The predicted molar refractivity (Wildman–Crippen MR) is 76.0 cm³/mol. The number of carbonyl (C=O) groups excluding carboxylic acids is 2. The van der Waals surface area contributed by atoms with Crippen molar-refractivity contribution < 1.29 is 19.5 Å². The first kappa shape index (κ1) is 14.8. The molecule has 7 heteroatoms. The van der Waals surface area contributed by atoms with Crippen molar-refractivity contribution in [3.05, 3.63) is 29.8 Å². The highest BCUT2D eigenvalue weighted by Crippen LogP contribution is 2.17. The molecule has 0 aromatic heterocycles. The Morgan fingerprint density at radius 2 is 2.10 bits per heavy atom. The van der Waals surface area contributed by atoms with Crippen LogP contribution < -0.4 is 16.0 Å². The zero-order chi connectivity index (χ0) is 15.2. The maximum absolute atomic E-state index is 11.9. The largest absolute Gasteiger partial charge is 0.481 e. The molecule has 1 aromatic carbocycles. The summed E-state index contributed by atoms with van der Waals surface area (Å²) in [5.41, 5.74) is 1.34. The van der Waals surface area contributed by atoms with Crippen LogP contribution in [0.3, 0.4) is 0 Å². The lowest BCUT2D eigenvalue weighted by Gasteiger charge is -2.14. The van der Waals surface area contributed by atoms with Crippen LogP contribution in [0.15, 0.2) is 24.3 Å². The molecular formula is C14H17N3O4. The number of hydrogen-bond acceptors (Lipinski definition) is 3. The van der Waals surface area contributed by atoms with Crippen molar-refractivity contribution in [1.29, 1.82) is 0 Å². The molecule has 1 atom stereocenters. The molecule has 0 radical (unpaired) electrons. The summed E-state index contributed by atoms with van der Waals surface area (Å²) in [6.07, 6.45) is 0.616. The third-order valence-corrected chi connectivity index (χ3v) is 3.19. The molecule has 4 N–H and O–H groups in total. The van der Waals surface area contributed by atoms with Crippen LogP contribution in [0.25, 0.3) is 0 Å². The Morgan fingerprint density at radius 3 is 2.76 bits per heavy atom. The second-order valence-electron chi connectivity index (χ2n) is 4.85. The number of carbonyl (C=O) groups is 3. The minimum atomic E-state index is -0.884. The minimum absolute atomic E-state index is 0.00135. The number of carboxylic acid groups (broad SMARTS) is 1. The molecule has 3 amide bonds. The monoisotopic (exact) mass is 291 g/mol. The number of nitrogens with one attached hydrogen (secondary N) is 3. The summed E-state index contributed by atoms with van der Waals surface area (Å²) >= 11 is 0. The van der Waals surface area contributed by atoms with Crippen molar-refractivity contribution in [2.75, 3.05) is 11.9 Å². The summed E-state index contributed by atoms with van der Waals surface area (Å²) in [6.45, 7) is 0.424. The van der Waals surface area contributed by atoms with Crippen molar-refractivity contribution in [3.63, 3.8) is 0 Å². The van der Waals surface area contributed by atoms with Crippen LogP contribution in [0.4, 0.5) is 10.5 Å². The van der Waals surface area contributed by atoms with Gasteiger partial charge in [-0.15, -0.1) is 0 Å². The van der Waals surface area contributed by atoms with E-state index in [0.717, 1.165) is 5.56 Å². The molecule has 1 aliphatic rings. The highest BCUT2D eigenvalue weighted by Gasteiger charge is 2.23. The van der Waals surface area contributed by atoms with E-state index in [0.29, 0.717) is 18.7 Å². The number of amides is 3. The van der Waals surface area contributed by atoms with E-state index in [4.69, 9.17) is 5.11 Å². The lowest BCUT2D eigenvalue weighted by atomic mass is 10.1. The molecule has 112 valence electrons. The molecule has 0 aliphatic carbocycles. The van der Waals surface area contributed by atoms with Gasteiger partial charge in [0.15, 0.2) is 0 Å². The summed E-state index contributed by atoms with van der Waals surface area (Å²) in [7, 11) is 0. The predicted octanol–water partition coefficient (Wildman–Crippen LogP) is 0.714. The zero-order valence-corrected chi connectivity index (χ0v) is 11.4. The Balaban J connectivity index is 1.93. The van der Waals surface area contributed by atoms with E-state index in [9.17, 15) is 14.4 Å². The van der Waals surface area contributed by atoms with Gasteiger partial charge in [0.1, 0.15) is 0 Å². The minimum Gasteiger partial charge on any atom is -0.481 e. The molecule has 1 heterocycles. The van der Waals surface area contributed by atoms with Gasteiger partial charge in [0, 0.05) is 25.1 Å². The van der Waals surface area contributed by atoms with Gasteiger partial charge in [-0.25, -0.2) is 4.79 Å². The van der Waals surface area contributed by atoms with Crippen LogP contribution in [-0.4, -0.2) is 35.6 Å². The van der Waals surface area contributed by atoms with E-state index in [1.807, 2.05) is 0 Å². The number of benzene rings is 1. The molecule has 1 fully saturated rings. The summed E-state index contributed by atoms with van der Waals surface area (Å²) < 4.78 is 0. The van der Waals surface area contributed by atoms with Gasteiger partial charge in [0.2, 0.25) is 5.91 Å². The fourth-order valence-electron chi connectivity index (χ4n) is 2.15. The third-order valence-electron chi connectivity index (χ3n) is 3.19. The van der Waals surface area contributed by atoms with Crippen molar-refractivity contribution in [2.24, 2.45) is 0 Å². The number of para-hydroxylation sites is 1. The average molecular weight is 291 g/mol. The van der Waals surface area contributed by atoms with Crippen LogP contribution in [0.5, 0.6) is 0 Å². The van der Waals surface area contributed by atoms with Crippen molar-refractivity contribution in [2.45, 2.75) is 25.3 Å². The molecule has 0 saturated carbocycles. The van der Waals surface area contributed by atoms with E-state index < -0.39 is 12.0 Å². The lowest BCUT2D eigenvalue weighted by Crippen LogP contribution is -2.39. The summed E-state index contributed by atoms with van der Waals surface area (Å²) in [6, 6.07) is 6.43. The average Bonchev–Trinajstić information content (AvgIpc) is 2.83. The number of rotatable bonds is 5. The van der Waals surface area contributed by atoms with Crippen LogP contribution in [0.1, 0.15) is 18.4 Å². The van der Waals surface area contributed by atoms with Gasteiger partial charge in [-0.2, -0.15) is 0 Å². The molecule has 7 nitrogen and oxygen atoms in total. The smallest absolute Gasteiger partial charge is 0.319 e. The number of carboxylic acids is 1. The van der Waals surface area contributed by atoms with E-state index in [-0.39, 0.29) is 24.8 Å². The molecule has 1 aromatic rings. The maximum Gasteiger partial charge on any atom is 0.319 e. The van der Waals surface area contributed by atoms with Crippen molar-refractivity contribution in [1.82, 2.24) is 10.6 Å². The van der Waals surface area contributed by atoms with E-state index in [2.05, 4.69) is 16.0 Å². The Kier molecular flexibility index (Phi) is 4.76. The van der Waals surface area contributed by atoms with Gasteiger partial charge in [-0.1, -0.05) is 18.2 Å². The Labute approximate surface area is 121 Å². The van der Waals surface area contributed by atoms with E-state index in [1.54, 1.807) is 24.3 Å². The van der Waals surface area contributed by atoms with Crippen LogP contribution in [0.2, 0.25) is 0 Å². The standard InChI is InChI=1S/C14H17N3O4/c18-12-7-10(8-15-12)16-14(21)17-11-4-2-1-3-9(11)5-6-13(19)20/h1-4,10H,5-8H2,(H,15,18)(H,19,20)(H2,16,17,21). The number of hydrogen-bond donors (Lipinski definition) is 4. The number of aryl methyl sites for hydroxylation is 1. The Morgan fingerprint density at radius 1 is 1.33 bits per heavy atom. The molecule has 1 unspecified atom stereocenters. The normalized spacial score (nSPS) is 17.1. The molecule has 0 spiro atoms. The summed E-state index contributed by atoms with van der Waals surface area (Å²) in [4.78, 5) is 33.6. The van der Waals surface area contributed by atoms with Crippen molar-refractivity contribution in [3.8, 4) is 0 Å². The first-order valence-corrected chi connectivity index (χ1v) is 6.68. The first-order chi connectivity index (χ1) is 10.0. The van der Waals surface area contributed by atoms with Gasteiger partial charge < -0.3 is 21.1 Å². The van der Waals surface area contributed by atoms with E-state index in [1.165, 1.54) is 0 Å². The number of anilines is 1. The third kappa shape index (κ3) is 4.48. The fraction of sp³-hybridized carbons (Fsp3) is 0.357. The van der Waals surface area contributed by atoms with Crippen LogP contribution >= 0.6 is 0 Å². The highest BCUT2D eigenvalue weighted by atomic mass is 16.4. The molecular weight excluding hydrogens is 274 g/mol. The Bertz CT molecular complexity index is 559. The molecule has 21 heavy (non-hydrogen) atoms. The molecule has 1 aliphatic heterocycles. The van der Waals surface area contributed by atoms with Gasteiger partial charge in [-0.3, -0.25) is 9.59 Å². The topological polar surface area (TPSA) is 108 Å². The SMILES string of the molecule is O=C(O)CCc1ccccc1NC(=O)NC1CNC(=O)C1. The zero-order valence-electron chi connectivity index (χ0n) is 11.4. The second kappa shape index (κ2) is 6.74. The molecule has 1 saturated heterocycles.